The summed E-state index contributed by atoms with van der Waals surface area (Å²) in [6.07, 6.45) is 3.89. The Kier molecular flexibility index (Phi) is 3.76. The van der Waals surface area contributed by atoms with Gasteiger partial charge in [0.2, 0.25) is 11.6 Å². The average Bonchev–Trinajstić information content (AvgIpc) is 3.16. The highest BCUT2D eigenvalue weighted by atomic mass is 16.6. The number of nitrogens with zero attached hydrogens (tertiary/aromatic N) is 3. The molecule has 1 aliphatic rings. The van der Waals surface area contributed by atoms with E-state index in [4.69, 9.17) is 10.9 Å². The van der Waals surface area contributed by atoms with Crippen molar-refractivity contribution < 1.29 is 10.0 Å². The van der Waals surface area contributed by atoms with E-state index in [0.29, 0.717) is 13.0 Å². The number of hydrogen-bond donors (Lipinski definition) is 4. The number of aliphatic hydroxyl groups is 1. The Morgan fingerprint density at radius 3 is 2.68 bits per heavy atom. The summed E-state index contributed by atoms with van der Waals surface area (Å²) in [7, 11) is 0. The highest BCUT2D eigenvalue weighted by molar-refractivity contribution is 5.68. The van der Waals surface area contributed by atoms with Crippen molar-refractivity contribution in [3.63, 3.8) is 0 Å². The molecule has 0 amide bonds. The van der Waals surface area contributed by atoms with Crippen LogP contribution >= 0.6 is 0 Å². The molecule has 0 saturated heterocycles. The fraction of sp³-hybridized carbons (Fsp3) is 0.600. The number of rotatable bonds is 7. The SMILES string of the molecule is NNc1ncnc(NCC2(CCO)CC2)c1[N+](=O)[O-]. The Labute approximate surface area is 109 Å². The van der Waals surface area contributed by atoms with E-state index in [0.717, 1.165) is 12.8 Å². The highest BCUT2D eigenvalue weighted by Crippen LogP contribution is 2.48. The van der Waals surface area contributed by atoms with Crippen LogP contribution < -0.4 is 16.6 Å². The monoisotopic (exact) mass is 268 g/mol. The van der Waals surface area contributed by atoms with E-state index in [-0.39, 0.29) is 29.3 Å². The number of aromatic nitrogens is 2. The molecule has 1 fully saturated rings. The van der Waals surface area contributed by atoms with Gasteiger partial charge in [0, 0.05) is 13.2 Å². The zero-order valence-electron chi connectivity index (χ0n) is 10.3. The molecule has 19 heavy (non-hydrogen) atoms. The first kappa shape index (κ1) is 13.4. The van der Waals surface area contributed by atoms with E-state index in [1.807, 2.05) is 0 Å². The van der Waals surface area contributed by atoms with E-state index < -0.39 is 4.92 Å². The van der Waals surface area contributed by atoms with Gasteiger partial charge in [-0.1, -0.05) is 0 Å². The minimum absolute atomic E-state index is 0.0316. The lowest BCUT2D eigenvalue weighted by Gasteiger charge is -2.15. The fourth-order valence-electron chi connectivity index (χ4n) is 1.99. The largest absolute Gasteiger partial charge is 0.396 e. The van der Waals surface area contributed by atoms with Crippen molar-refractivity contribution in [2.45, 2.75) is 19.3 Å². The standard InChI is InChI=1S/C10H16N6O3/c11-15-9-7(16(18)19)8(13-6-14-9)12-5-10(1-2-10)3-4-17/h6,17H,1-5,11H2,(H2,12,13,14,15). The van der Waals surface area contributed by atoms with Crippen LogP contribution in [-0.4, -0.2) is 33.1 Å². The van der Waals surface area contributed by atoms with Gasteiger partial charge in [0.05, 0.1) is 4.92 Å². The molecule has 1 heterocycles. The number of nitrogens with one attached hydrogen (secondary N) is 2. The van der Waals surface area contributed by atoms with Crippen molar-refractivity contribution >= 4 is 17.3 Å². The quantitative estimate of drug-likeness (QED) is 0.313. The lowest BCUT2D eigenvalue weighted by molar-refractivity contribution is -0.383. The first-order valence-corrected chi connectivity index (χ1v) is 5.93. The third-order valence-electron chi connectivity index (χ3n) is 3.37. The summed E-state index contributed by atoms with van der Waals surface area (Å²) in [4.78, 5) is 18.0. The number of nitrogens with two attached hydrogens (primary N) is 1. The Morgan fingerprint density at radius 1 is 1.47 bits per heavy atom. The van der Waals surface area contributed by atoms with Crippen LogP contribution in [0.15, 0.2) is 6.33 Å². The molecule has 0 atom stereocenters. The van der Waals surface area contributed by atoms with Gasteiger partial charge in [-0.05, 0) is 24.7 Å². The zero-order chi connectivity index (χ0) is 13.9. The number of hydrogen-bond acceptors (Lipinski definition) is 8. The van der Waals surface area contributed by atoms with Crippen molar-refractivity contribution in [1.29, 1.82) is 0 Å². The molecule has 0 bridgehead atoms. The third-order valence-corrected chi connectivity index (χ3v) is 3.37. The van der Waals surface area contributed by atoms with E-state index in [1.165, 1.54) is 6.33 Å². The number of anilines is 2. The van der Waals surface area contributed by atoms with Gasteiger partial charge < -0.3 is 15.8 Å². The molecular formula is C10H16N6O3. The van der Waals surface area contributed by atoms with Crippen LogP contribution in [0.2, 0.25) is 0 Å². The van der Waals surface area contributed by atoms with Crippen LogP contribution in [0.4, 0.5) is 17.3 Å². The van der Waals surface area contributed by atoms with Gasteiger partial charge in [0.15, 0.2) is 0 Å². The molecule has 9 heteroatoms. The summed E-state index contributed by atoms with van der Waals surface area (Å²) in [5.74, 6) is 5.30. The molecule has 1 saturated carbocycles. The van der Waals surface area contributed by atoms with Gasteiger partial charge in [0.1, 0.15) is 6.33 Å². The summed E-state index contributed by atoms with van der Waals surface area (Å²) in [6.45, 7) is 0.651. The third kappa shape index (κ3) is 2.88. The second-order valence-electron chi connectivity index (χ2n) is 4.65. The lowest BCUT2D eigenvalue weighted by atomic mass is 10.0. The van der Waals surface area contributed by atoms with Crippen molar-refractivity contribution in [1.82, 2.24) is 9.97 Å². The van der Waals surface area contributed by atoms with Crippen molar-refractivity contribution in [3.8, 4) is 0 Å². The second-order valence-corrected chi connectivity index (χ2v) is 4.65. The van der Waals surface area contributed by atoms with Gasteiger partial charge in [-0.3, -0.25) is 10.1 Å². The predicted molar refractivity (Wildman–Crippen MR) is 68.4 cm³/mol. The fourth-order valence-corrected chi connectivity index (χ4v) is 1.99. The minimum Gasteiger partial charge on any atom is -0.396 e. The summed E-state index contributed by atoms with van der Waals surface area (Å²) in [6, 6.07) is 0. The number of nitrogen functional groups attached to an aromatic ring is 1. The van der Waals surface area contributed by atoms with Crippen LogP contribution in [0.25, 0.3) is 0 Å². The Bertz CT molecular complexity index is 476. The molecule has 0 unspecified atom stereocenters. The average molecular weight is 268 g/mol. The Balaban J connectivity index is 2.14. The van der Waals surface area contributed by atoms with Crippen molar-refractivity contribution in [3.05, 3.63) is 16.4 Å². The molecule has 0 aromatic carbocycles. The van der Waals surface area contributed by atoms with Crippen LogP contribution in [0.3, 0.4) is 0 Å². The Morgan fingerprint density at radius 2 is 2.16 bits per heavy atom. The van der Waals surface area contributed by atoms with Gasteiger partial charge in [-0.2, -0.15) is 0 Å². The first-order valence-electron chi connectivity index (χ1n) is 5.93. The van der Waals surface area contributed by atoms with Gasteiger partial charge in [-0.25, -0.2) is 15.8 Å². The molecule has 9 nitrogen and oxygen atoms in total. The van der Waals surface area contributed by atoms with Crippen molar-refractivity contribution in [2.24, 2.45) is 11.3 Å². The molecule has 1 aliphatic carbocycles. The van der Waals surface area contributed by atoms with E-state index >= 15 is 0 Å². The summed E-state index contributed by atoms with van der Waals surface area (Å²) >= 11 is 0. The molecule has 0 radical (unpaired) electrons. The molecular weight excluding hydrogens is 252 g/mol. The maximum absolute atomic E-state index is 11.0. The second kappa shape index (κ2) is 5.33. The summed E-state index contributed by atoms with van der Waals surface area (Å²) < 4.78 is 0. The highest BCUT2D eigenvalue weighted by Gasteiger charge is 2.42. The van der Waals surface area contributed by atoms with E-state index in [2.05, 4.69) is 20.7 Å². The molecule has 2 rings (SSSR count). The maximum Gasteiger partial charge on any atom is 0.354 e. The molecule has 0 aliphatic heterocycles. The van der Waals surface area contributed by atoms with E-state index in [9.17, 15) is 10.1 Å². The van der Waals surface area contributed by atoms with Crippen LogP contribution in [-0.2, 0) is 0 Å². The lowest BCUT2D eigenvalue weighted by Crippen LogP contribution is -2.19. The molecule has 5 N–H and O–H groups in total. The molecule has 104 valence electrons. The van der Waals surface area contributed by atoms with Gasteiger partial charge in [-0.15, -0.1) is 0 Å². The van der Waals surface area contributed by atoms with Crippen molar-refractivity contribution in [2.75, 3.05) is 23.9 Å². The Hall–Kier alpha value is -2.00. The predicted octanol–water partition coefficient (Wildman–Crippen LogP) is 0.245. The zero-order valence-corrected chi connectivity index (χ0v) is 10.3. The smallest absolute Gasteiger partial charge is 0.354 e. The first-order chi connectivity index (χ1) is 9.12. The molecule has 0 spiro atoms. The number of nitro groups is 1. The van der Waals surface area contributed by atoms with E-state index in [1.54, 1.807) is 0 Å². The molecule has 1 aromatic heterocycles. The van der Waals surface area contributed by atoms with Crippen LogP contribution in [0, 0.1) is 15.5 Å². The minimum atomic E-state index is -0.580. The maximum atomic E-state index is 11.0. The number of aliphatic hydroxyl groups excluding tert-OH is 1. The summed E-state index contributed by atoms with van der Waals surface area (Å²) in [5.41, 5.74) is 1.94. The number of hydrazine groups is 1. The summed E-state index contributed by atoms with van der Waals surface area (Å²) in [5, 5.41) is 23.0. The van der Waals surface area contributed by atoms with Crippen LogP contribution in [0.5, 0.6) is 0 Å². The molecule has 1 aromatic rings. The van der Waals surface area contributed by atoms with Crippen LogP contribution in [0.1, 0.15) is 19.3 Å². The normalized spacial score (nSPS) is 15.9. The van der Waals surface area contributed by atoms with Gasteiger partial charge in [0.25, 0.3) is 0 Å². The topological polar surface area (TPSA) is 139 Å². The van der Waals surface area contributed by atoms with Gasteiger partial charge >= 0.3 is 5.69 Å².